The molecule has 0 spiro atoms. The van der Waals surface area contributed by atoms with E-state index in [1.807, 2.05) is 24.9 Å². The summed E-state index contributed by atoms with van der Waals surface area (Å²) in [5.41, 5.74) is 0. The van der Waals surface area contributed by atoms with Crippen LogP contribution in [0, 0.1) is 0 Å². The molecular weight excluding hydrogens is 290 g/mol. The summed E-state index contributed by atoms with van der Waals surface area (Å²) < 4.78 is 6.03. The summed E-state index contributed by atoms with van der Waals surface area (Å²) in [5, 5.41) is 0. The number of hydrogen-bond donors (Lipinski definition) is 0. The SMILES string of the molecule is CCOC(=O)CN(C)CCc1ccc(Br)s1. The highest BCUT2D eigenvalue weighted by Gasteiger charge is 2.07. The van der Waals surface area contributed by atoms with Crippen LogP contribution in [0.4, 0.5) is 0 Å². The normalized spacial score (nSPS) is 10.8. The van der Waals surface area contributed by atoms with E-state index in [9.17, 15) is 4.79 Å². The molecule has 90 valence electrons. The summed E-state index contributed by atoms with van der Waals surface area (Å²) in [6.07, 6.45) is 0.964. The highest BCUT2D eigenvalue weighted by molar-refractivity contribution is 9.11. The van der Waals surface area contributed by atoms with Crippen molar-refractivity contribution in [2.24, 2.45) is 0 Å². The second kappa shape index (κ2) is 7.04. The van der Waals surface area contributed by atoms with Crippen molar-refractivity contribution < 1.29 is 9.53 Å². The maximum absolute atomic E-state index is 11.2. The molecule has 16 heavy (non-hydrogen) atoms. The first-order valence-corrected chi connectivity index (χ1v) is 6.81. The third-order valence-corrected chi connectivity index (χ3v) is 3.76. The molecule has 1 aromatic rings. The maximum atomic E-state index is 11.2. The zero-order valence-electron chi connectivity index (χ0n) is 9.53. The Morgan fingerprint density at radius 2 is 2.31 bits per heavy atom. The van der Waals surface area contributed by atoms with Crippen LogP contribution in [0.2, 0.25) is 0 Å². The average Bonchev–Trinajstić information content (AvgIpc) is 2.61. The number of likely N-dealkylation sites (N-methyl/N-ethyl adjacent to an activating group) is 1. The van der Waals surface area contributed by atoms with Crippen molar-refractivity contribution in [1.29, 1.82) is 0 Å². The van der Waals surface area contributed by atoms with Crippen LogP contribution in [0.1, 0.15) is 11.8 Å². The van der Waals surface area contributed by atoms with Crippen LogP contribution in [0.15, 0.2) is 15.9 Å². The van der Waals surface area contributed by atoms with E-state index >= 15 is 0 Å². The van der Waals surface area contributed by atoms with Crippen LogP contribution in [0.25, 0.3) is 0 Å². The number of carbonyl (C=O) groups is 1. The van der Waals surface area contributed by atoms with Gasteiger partial charge in [0.25, 0.3) is 0 Å². The number of nitrogens with zero attached hydrogens (tertiary/aromatic N) is 1. The number of carbonyl (C=O) groups excluding carboxylic acids is 1. The molecule has 0 aliphatic heterocycles. The second-order valence-corrected chi connectivity index (χ2v) is 6.05. The van der Waals surface area contributed by atoms with E-state index < -0.39 is 0 Å². The predicted molar refractivity (Wildman–Crippen MR) is 69.9 cm³/mol. The molecule has 0 atom stereocenters. The molecule has 1 rings (SSSR count). The van der Waals surface area contributed by atoms with Crippen LogP contribution in [-0.4, -0.2) is 37.6 Å². The topological polar surface area (TPSA) is 29.5 Å². The van der Waals surface area contributed by atoms with Crippen molar-refractivity contribution >= 4 is 33.2 Å². The Morgan fingerprint density at radius 3 is 2.88 bits per heavy atom. The molecule has 0 bridgehead atoms. The molecule has 0 radical (unpaired) electrons. The lowest BCUT2D eigenvalue weighted by molar-refractivity contribution is -0.144. The van der Waals surface area contributed by atoms with Crippen LogP contribution in [-0.2, 0) is 16.0 Å². The lowest BCUT2D eigenvalue weighted by Gasteiger charge is -2.14. The third kappa shape index (κ3) is 5.09. The maximum Gasteiger partial charge on any atom is 0.320 e. The molecule has 0 amide bonds. The van der Waals surface area contributed by atoms with Crippen molar-refractivity contribution in [2.45, 2.75) is 13.3 Å². The molecule has 1 aromatic heterocycles. The van der Waals surface area contributed by atoms with Gasteiger partial charge in [0.05, 0.1) is 16.9 Å². The molecule has 0 unspecified atom stereocenters. The first-order valence-electron chi connectivity index (χ1n) is 5.20. The smallest absolute Gasteiger partial charge is 0.320 e. The number of ether oxygens (including phenoxy) is 1. The fourth-order valence-electron chi connectivity index (χ4n) is 1.29. The lowest BCUT2D eigenvalue weighted by atomic mass is 10.3. The fourth-order valence-corrected chi connectivity index (χ4v) is 2.77. The van der Waals surface area contributed by atoms with E-state index in [4.69, 9.17) is 4.74 Å². The average molecular weight is 306 g/mol. The molecule has 5 heteroatoms. The molecule has 0 aliphatic carbocycles. The quantitative estimate of drug-likeness (QED) is 0.757. The Balaban J connectivity index is 2.24. The molecule has 0 fully saturated rings. The van der Waals surface area contributed by atoms with Gasteiger partial charge in [-0.05, 0) is 48.5 Å². The Labute approximate surface area is 109 Å². The fraction of sp³-hybridized carbons (Fsp3) is 0.545. The van der Waals surface area contributed by atoms with Crippen molar-refractivity contribution in [1.82, 2.24) is 4.90 Å². The van der Waals surface area contributed by atoms with E-state index in [1.54, 1.807) is 11.3 Å². The van der Waals surface area contributed by atoms with Gasteiger partial charge in [0.15, 0.2) is 0 Å². The molecule has 3 nitrogen and oxygen atoms in total. The van der Waals surface area contributed by atoms with Gasteiger partial charge in [0.1, 0.15) is 0 Å². The Morgan fingerprint density at radius 1 is 1.56 bits per heavy atom. The van der Waals surface area contributed by atoms with Gasteiger partial charge in [-0.15, -0.1) is 11.3 Å². The number of thiophene rings is 1. The third-order valence-electron chi connectivity index (χ3n) is 2.07. The molecule has 0 saturated carbocycles. The summed E-state index contributed by atoms with van der Waals surface area (Å²) >= 11 is 5.16. The van der Waals surface area contributed by atoms with Gasteiger partial charge in [-0.2, -0.15) is 0 Å². The van der Waals surface area contributed by atoms with Crippen LogP contribution in [0.3, 0.4) is 0 Å². The summed E-state index contributed by atoms with van der Waals surface area (Å²) in [7, 11) is 1.93. The molecule has 0 aliphatic rings. The number of halogens is 1. The Kier molecular flexibility index (Phi) is 6.01. The minimum atomic E-state index is -0.155. The Bertz CT molecular complexity index is 340. The van der Waals surface area contributed by atoms with Crippen LogP contribution < -0.4 is 0 Å². The van der Waals surface area contributed by atoms with E-state index in [1.165, 1.54) is 4.88 Å². The van der Waals surface area contributed by atoms with E-state index in [2.05, 4.69) is 22.0 Å². The standard InChI is InChI=1S/C11H16BrNO2S/c1-3-15-11(14)8-13(2)7-6-9-4-5-10(12)16-9/h4-5H,3,6-8H2,1-2H3. The Hall–Kier alpha value is -0.390. The van der Waals surface area contributed by atoms with Crippen molar-refractivity contribution in [2.75, 3.05) is 26.7 Å². The minimum Gasteiger partial charge on any atom is -0.465 e. The van der Waals surface area contributed by atoms with Gasteiger partial charge in [-0.3, -0.25) is 9.69 Å². The zero-order valence-corrected chi connectivity index (χ0v) is 11.9. The van der Waals surface area contributed by atoms with Gasteiger partial charge in [0.2, 0.25) is 0 Å². The largest absolute Gasteiger partial charge is 0.465 e. The van der Waals surface area contributed by atoms with Crippen molar-refractivity contribution in [3.05, 3.63) is 20.8 Å². The summed E-state index contributed by atoms with van der Waals surface area (Å²) in [6.45, 7) is 3.50. The summed E-state index contributed by atoms with van der Waals surface area (Å²) in [4.78, 5) is 14.5. The zero-order chi connectivity index (χ0) is 12.0. The summed E-state index contributed by atoms with van der Waals surface area (Å²) in [6, 6.07) is 4.15. The molecule has 0 N–H and O–H groups in total. The van der Waals surface area contributed by atoms with Gasteiger partial charge in [0, 0.05) is 11.4 Å². The van der Waals surface area contributed by atoms with E-state index in [-0.39, 0.29) is 5.97 Å². The van der Waals surface area contributed by atoms with E-state index in [0.29, 0.717) is 13.2 Å². The first kappa shape index (κ1) is 13.7. The number of esters is 1. The van der Waals surface area contributed by atoms with Gasteiger partial charge < -0.3 is 4.74 Å². The van der Waals surface area contributed by atoms with Crippen molar-refractivity contribution in [3.8, 4) is 0 Å². The monoisotopic (exact) mass is 305 g/mol. The van der Waals surface area contributed by atoms with Crippen molar-refractivity contribution in [3.63, 3.8) is 0 Å². The molecule has 0 aromatic carbocycles. The van der Waals surface area contributed by atoms with Gasteiger partial charge >= 0.3 is 5.97 Å². The highest BCUT2D eigenvalue weighted by Crippen LogP contribution is 2.22. The lowest BCUT2D eigenvalue weighted by Crippen LogP contribution is -2.29. The summed E-state index contributed by atoms with van der Waals surface area (Å²) in [5.74, 6) is -0.155. The molecular formula is C11H16BrNO2S. The number of rotatable bonds is 6. The van der Waals surface area contributed by atoms with E-state index in [0.717, 1.165) is 16.8 Å². The minimum absolute atomic E-state index is 0.155. The van der Waals surface area contributed by atoms with Gasteiger partial charge in [-0.1, -0.05) is 0 Å². The second-order valence-electron chi connectivity index (χ2n) is 3.50. The van der Waals surface area contributed by atoms with Crippen LogP contribution >= 0.6 is 27.3 Å². The molecule has 0 saturated heterocycles. The highest BCUT2D eigenvalue weighted by atomic mass is 79.9. The first-order chi connectivity index (χ1) is 7.61. The van der Waals surface area contributed by atoms with Crippen LogP contribution in [0.5, 0.6) is 0 Å². The number of hydrogen-bond acceptors (Lipinski definition) is 4. The molecule has 1 heterocycles. The van der Waals surface area contributed by atoms with Gasteiger partial charge in [-0.25, -0.2) is 0 Å². The predicted octanol–water partition coefficient (Wildman–Crippen LogP) is 2.55.